The number of carbonyl (C=O) groups excluding carboxylic acids is 2. The Morgan fingerprint density at radius 2 is 2.24 bits per heavy atom. The molecule has 1 aromatic heterocycles. The summed E-state index contributed by atoms with van der Waals surface area (Å²) in [5.41, 5.74) is 8.57. The highest BCUT2D eigenvalue weighted by Crippen LogP contribution is 2.30. The minimum Gasteiger partial charge on any atom is -0.442 e. The van der Waals surface area contributed by atoms with Gasteiger partial charge in [-0.25, -0.2) is 14.2 Å². The van der Waals surface area contributed by atoms with Crippen LogP contribution >= 0.6 is 0 Å². The highest BCUT2D eigenvalue weighted by molar-refractivity contribution is 5.90. The predicted molar refractivity (Wildman–Crippen MR) is 122 cm³/mol. The average Bonchev–Trinajstić information content (AvgIpc) is 3.47. The van der Waals surface area contributed by atoms with Crippen LogP contribution in [-0.4, -0.2) is 60.3 Å². The van der Waals surface area contributed by atoms with Gasteiger partial charge in [0.05, 0.1) is 42.9 Å². The van der Waals surface area contributed by atoms with Crippen LogP contribution in [0, 0.1) is 17.1 Å². The topological polar surface area (TPSA) is 140 Å². The van der Waals surface area contributed by atoms with Gasteiger partial charge in [-0.2, -0.15) is 5.26 Å². The second kappa shape index (κ2) is 10.4. The number of imidazole rings is 1. The lowest BCUT2D eigenvalue weighted by atomic mass is 10.0. The summed E-state index contributed by atoms with van der Waals surface area (Å²) >= 11 is 0. The van der Waals surface area contributed by atoms with Crippen molar-refractivity contribution in [3.63, 3.8) is 0 Å². The number of ether oxygens (including phenoxy) is 1. The van der Waals surface area contributed by atoms with Gasteiger partial charge >= 0.3 is 6.09 Å². The molecule has 4 N–H and O–H groups in total. The second-order valence-electron chi connectivity index (χ2n) is 8.30. The molecule has 2 aromatic rings. The molecule has 2 saturated heterocycles. The Labute approximate surface area is 196 Å². The van der Waals surface area contributed by atoms with Gasteiger partial charge in [-0.05, 0) is 31.0 Å². The first-order valence-electron chi connectivity index (χ1n) is 11.1. The van der Waals surface area contributed by atoms with Gasteiger partial charge < -0.3 is 25.7 Å². The van der Waals surface area contributed by atoms with Crippen LogP contribution in [0.25, 0.3) is 0 Å². The van der Waals surface area contributed by atoms with Crippen molar-refractivity contribution in [2.75, 3.05) is 36.0 Å². The van der Waals surface area contributed by atoms with Crippen LogP contribution in [0.4, 0.5) is 20.6 Å². The summed E-state index contributed by atoms with van der Waals surface area (Å²) in [5, 5.41) is 11.5. The number of allylic oxidation sites excluding steroid dienone is 1. The number of carbonyl (C=O) groups is 2. The molecule has 1 aromatic carbocycles. The van der Waals surface area contributed by atoms with Gasteiger partial charge in [-0.1, -0.05) is 5.57 Å². The van der Waals surface area contributed by atoms with Crippen molar-refractivity contribution in [1.82, 2.24) is 15.3 Å². The number of aromatic nitrogens is 2. The lowest BCUT2D eigenvalue weighted by Gasteiger charge is -2.30. The Morgan fingerprint density at radius 3 is 2.91 bits per heavy atom. The fourth-order valence-electron chi connectivity index (χ4n) is 4.10. The summed E-state index contributed by atoms with van der Waals surface area (Å²) in [7, 11) is 0. The third kappa shape index (κ3) is 5.35. The lowest BCUT2D eigenvalue weighted by Crippen LogP contribution is -2.45. The molecule has 0 bridgehead atoms. The van der Waals surface area contributed by atoms with E-state index in [4.69, 9.17) is 15.7 Å². The van der Waals surface area contributed by atoms with Gasteiger partial charge in [0.1, 0.15) is 11.9 Å². The first-order valence-corrected chi connectivity index (χ1v) is 11.1. The quantitative estimate of drug-likeness (QED) is 0.526. The number of hydrogen-bond donors (Lipinski definition) is 3. The second-order valence-corrected chi connectivity index (χ2v) is 8.30. The molecule has 0 aliphatic carbocycles. The van der Waals surface area contributed by atoms with E-state index in [0.717, 1.165) is 11.3 Å². The van der Waals surface area contributed by atoms with Crippen molar-refractivity contribution in [3.8, 4) is 6.07 Å². The van der Waals surface area contributed by atoms with Crippen LogP contribution in [0.3, 0.4) is 0 Å². The molecular formula is C23H26FN7O3. The van der Waals surface area contributed by atoms with Gasteiger partial charge in [0.2, 0.25) is 5.91 Å². The molecule has 10 nitrogen and oxygen atoms in total. The number of aromatic amines is 1. The number of nitrogens with two attached hydrogens (primary N) is 1. The third-order valence-electron chi connectivity index (χ3n) is 5.97. The summed E-state index contributed by atoms with van der Waals surface area (Å²) in [5.74, 6) is -0.798. The largest absolute Gasteiger partial charge is 0.442 e. The maximum Gasteiger partial charge on any atom is 0.414 e. The van der Waals surface area contributed by atoms with Crippen molar-refractivity contribution in [1.29, 1.82) is 5.26 Å². The minimum atomic E-state index is -0.767. The van der Waals surface area contributed by atoms with E-state index >= 15 is 0 Å². The molecule has 2 atom stereocenters. The first kappa shape index (κ1) is 23.3. The predicted octanol–water partition coefficient (Wildman–Crippen LogP) is 1.61. The number of cyclic esters (lactones) is 1. The maximum absolute atomic E-state index is 14.9. The van der Waals surface area contributed by atoms with E-state index in [9.17, 15) is 14.0 Å². The van der Waals surface area contributed by atoms with Gasteiger partial charge in [0.15, 0.2) is 0 Å². The Bertz CT molecular complexity index is 1100. The molecular weight excluding hydrogens is 441 g/mol. The molecule has 178 valence electrons. The van der Waals surface area contributed by atoms with E-state index < -0.39 is 24.1 Å². The summed E-state index contributed by atoms with van der Waals surface area (Å²) in [6, 6.07) is 5.93. The standard InChI is InChI=1S/C23H26FN7O3/c24-19-10-17(1-2-21(19)30-7-4-15(3-6-25)5-8-30)31-13-18(34-23(31)33)12-28-22(32)20(26)9-16-11-27-14-29-16/h1-3,10-11,14,18,20H,4-5,7-9,12-13,26H2,(H,27,29)(H,28,32)/t18-,20-/m0/s1. The minimum absolute atomic E-state index is 0.102. The van der Waals surface area contributed by atoms with Gasteiger partial charge in [0.25, 0.3) is 0 Å². The number of H-pyrrole nitrogens is 1. The summed E-state index contributed by atoms with van der Waals surface area (Å²) in [4.78, 5) is 34.7. The van der Waals surface area contributed by atoms with Crippen LogP contribution in [0.15, 0.2) is 42.4 Å². The number of nitrogens with one attached hydrogen (secondary N) is 2. The van der Waals surface area contributed by atoms with Crippen molar-refractivity contribution in [2.45, 2.75) is 31.4 Å². The molecule has 4 rings (SSSR count). The number of amides is 2. The highest BCUT2D eigenvalue weighted by atomic mass is 19.1. The summed E-state index contributed by atoms with van der Waals surface area (Å²) in [6.45, 7) is 1.53. The molecule has 11 heteroatoms. The van der Waals surface area contributed by atoms with E-state index in [2.05, 4.69) is 15.3 Å². The molecule has 34 heavy (non-hydrogen) atoms. The number of nitrogens with zero attached hydrogens (tertiary/aromatic N) is 4. The van der Waals surface area contributed by atoms with Crippen molar-refractivity contribution >= 4 is 23.4 Å². The highest BCUT2D eigenvalue weighted by Gasteiger charge is 2.33. The fraction of sp³-hybridized carbons (Fsp3) is 0.391. The number of anilines is 2. The van der Waals surface area contributed by atoms with Crippen LogP contribution < -0.4 is 20.9 Å². The molecule has 0 radical (unpaired) electrons. The smallest absolute Gasteiger partial charge is 0.414 e. The van der Waals surface area contributed by atoms with Crippen LogP contribution in [0.2, 0.25) is 0 Å². The molecule has 2 aliphatic heterocycles. The number of nitriles is 1. The molecule has 0 spiro atoms. The SMILES string of the molecule is N#CC=C1CCN(c2ccc(N3C[C@H](CNC(=O)[C@@H](N)Cc4cnc[nH]4)OC3=O)cc2F)CC1. The first-order chi connectivity index (χ1) is 16.4. The maximum atomic E-state index is 14.9. The Balaban J connectivity index is 1.31. The Morgan fingerprint density at radius 1 is 1.44 bits per heavy atom. The molecule has 0 saturated carbocycles. The van der Waals surface area contributed by atoms with Crippen molar-refractivity contribution in [3.05, 3.63) is 53.9 Å². The number of piperidine rings is 1. The van der Waals surface area contributed by atoms with E-state index in [0.29, 0.717) is 43.7 Å². The van der Waals surface area contributed by atoms with Crippen LogP contribution in [0.1, 0.15) is 18.5 Å². The zero-order chi connectivity index (χ0) is 24.1. The third-order valence-corrected chi connectivity index (χ3v) is 5.97. The molecule has 2 amide bonds. The van der Waals surface area contributed by atoms with Crippen molar-refractivity contribution in [2.24, 2.45) is 5.73 Å². The number of rotatable bonds is 7. The molecule has 3 heterocycles. The fourth-order valence-corrected chi connectivity index (χ4v) is 4.10. The van der Waals surface area contributed by atoms with E-state index in [1.807, 2.05) is 11.0 Å². The average molecular weight is 468 g/mol. The van der Waals surface area contributed by atoms with Gasteiger partial charge in [-0.3, -0.25) is 9.69 Å². The van der Waals surface area contributed by atoms with Crippen molar-refractivity contribution < 1.29 is 18.7 Å². The zero-order valence-corrected chi connectivity index (χ0v) is 18.5. The molecule has 2 fully saturated rings. The molecule has 0 unspecified atom stereocenters. The van der Waals surface area contributed by atoms with Crippen LogP contribution in [0.5, 0.6) is 0 Å². The number of hydrogen-bond acceptors (Lipinski definition) is 7. The molecule has 2 aliphatic rings. The number of benzene rings is 1. The van der Waals surface area contributed by atoms with E-state index in [-0.39, 0.29) is 19.0 Å². The Hall–Kier alpha value is -3.91. The van der Waals surface area contributed by atoms with Gasteiger partial charge in [0, 0.05) is 37.5 Å². The van der Waals surface area contributed by atoms with E-state index in [1.54, 1.807) is 24.4 Å². The van der Waals surface area contributed by atoms with E-state index in [1.165, 1.54) is 17.3 Å². The van der Waals surface area contributed by atoms with Crippen LogP contribution in [-0.2, 0) is 16.0 Å². The monoisotopic (exact) mass is 467 g/mol. The summed E-state index contributed by atoms with van der Waals surface area (Å²) in [6.07, 6.45) is 5.23. The summed E-state index contributed by atoms with van der Waals surface area (Å²) < 4.78 is 20.2. The normalized spacial score (nSPS) is 18.9. The zero-order valence-electron chi connectivity index (χ0n) is 18.5. The Kier molecular flexibility index (Phi) is 7.08. The lowest BCUT2D eigenvalue weighted by molar-refractivity contribution is -0.122. The number of halogens is 1. The van der Waals surface area contributed by atoms with Gasteiger partial charge in [-0.15, -0.1) is 0 Å².